The minimum Gasteiger partial charge on any atom is -0.440 e. The van der Waals surface area contributed by atoms with E-state index in [9.17, 15) is 18.8 Å². The number of ether oxygens (including phenoxy) is 1. The summed E-state index contributed by atoms with van der Waals surface area (Å²) in [5.41, 5.74) is 0.873. The van der Waals surface area contributed by atoms with Gasteiger partial charge in [0.25, 0.3) is 11.1 Å². The van der Waals surface area contributed by atoms with Crippen LogP contribution >= 0.6 is 0 Å². The summed E-state index contributed by atoms with van der Waals surface area (Å²) >= 11 is 0. The minimum atomic E-state index is -0.591. The number of hydrogen-bond donors (Lipinski definition) is 2. The van der Waals surface area contributed by atoms with Gasteiger partial charge < -0.3 is 14.6 Å². The first-order valence-electron chi connectivity index (χ1n) is 9.16. The van der Waals surface area contributed by atoms with E-state index in [0.29, 0.717) is 28.9 Å². The van der Waals surface area contributed by atoms with Crippen molar-refractivity contribution in [1.29, 1.82) is 0 Å². The summed E-state index contributed by atoms with van der Waals surface area (Å²) in [6.07, 6.45) is 3.16. The Morgan fingerprint density at radius 2 is 1.97 bits per heavy atom. The largest absolute Gasteiger partial charge is 0.440 e. The number of nitrogens with zero attached hydrogens (tertiary/aromatic N) is 1. The Morgan fingerprint density at radius 1 is 1.27 bits per heavy atom. The SMILES string of the molecule is C=CC(=O)Nc1cc(-c2cc(CC)c(=O)n(C)c2)c(Oc2ccc(F)cc2)[nH]c1=O. The van der Waals surface area contributed by atoms with Gasteiger partial charge >= 0.3 is 0 Å². The van der Waals surface area contributed by atoms with Gasteiger partial charge in [-0.15, -0.1) is 0 Å². The summed E-state index contributed by atoms with van der Waals surface area (Å²) in [5.74, 6) is -0.585. The molecule has 7 nitrogen and oxygen atoms in total. The third-order valence-electron chi connectivity index (χ3n) is 4.43. The highest BCUT2D eigenvalue weighted by molar-refractivity contribution is 5.99. The lowest BCUT2D eigenvalue weighted by Crippen LogP contribution is -2.21. The first kappa shape index (κ1) is 20.8. The van der Waals surface area contributed by atoms with Crippen molar-refractivity contribution in [3.63, 3.8) is 0 Å². The van der Waals surface area contributed by atoms with Crippen LogP contribution in [0.4, 0.5) is 10.1 Å². The number of aromatic nitrogens is 2. The molecule has 2 N–H and O–H groups in total. The van der Waals surface area contributed by atoms with Gasteiger partial charge in [0.1, 0.15) is 17.3 Å². The number of rotatable bonds is 6. The fraction of sp³-hybridized carbons (Fsp3) is 0.136. The zero-order chi connectivity index (χ0) is 21.8. The smallest absolute Gasteiger partial charge is 0.274 e. The molecule has 0 aliphatic heterocycles. The molecule has 0 bridgehead atoms. The lowest BCUT2D eigenvalue weighted by molar-refractivity contribution is -0.111. The Kier molecular flexibility index (Phi) is 5.96. The highest BCUT2D eigenvalue weighted by Crippen LogP contribution is 2.32. The normalized spacial score (nSPS) is 10.5. The molecular weight excluding hydrogens is 389 g/mol. The van der Waals surface area contributed by atoms with E-state index in [1.54, 1.807) is 19.3 Å². The molecule has 1 amide bonds. The number of H-pyrrole nitrogens is 1. The summed E-state index contributed by atoms with van der Waals surface area (Å²) in [6.45, 7) is 5.23. The Balaban J connectivity index is 2.19. The van der Waals surface area contributed by atoms with Crippen LogP contribution in [0.25, 0.3) is 11.1 Å². The van der Waals surface area contributed by atoms with Gasteiger partial charge in [-0.05, 0) is 48.9 Å². The first-order valence-corrected chi connectivity index (χ1v) is 9.16. The molecule has 0 radical (unpaired) electrons. The Hall–Kier alpha value is -3.94. The van der Waals surface area contributed by atoms with E-state index in [2.05, 4.69) is 16.9 Å². The number of benzene rings is 1. The molecule has 0 unspecified atom stereocenters. The maximum Gasteiger partial charge on any atom is 0.274 e. The molecule has 3 rings (SSSR count). The van der Waals surface area contributed by atoms with Crippen LogP contribution < -0.4 is 21.2 Å². The summed E-state index contributed by atoms with van der Waals surface area (Å²) < 4.78 is 20.4. The predicted octanol–water partition coefficient (Wildman–Crippen LogP) is 3.36. The van der Waals surface area contributed by atoms with E-state index in [1.165, 1.54) is 34.9 Å². The monoisotopic (exact) mass is 409 g/mol. The maximum absolute atomic E-state index is 13.2. The van der Waals surface area contributed by atoms with Gasteiger partial charge in [0.15, 0.2) is 0 Å². The number of nitrogens with one attached hydrogen (secondary N) is 2. The van der Waals surface area contributed by atoms with Gasteiger partial charge in [-0.25, -0.2) is 4.39 Å². The summed E-state index contributed by atoms with van der Waals surface area (Å²) in [4.78, 5) is 39.0. The number of amides is 1. The van der Waals surface area contributed by atoms with Gasteiger partial charge in [-0.1, -0.05) is 13.5 Å². The number of pyridine rings is 2. The topological polar surface area (TPSA) is 93.2 Å². The Morgan fingerprint density at radius 3 is 2.60 bits per heavy atom. The Labute approximate surface area is 171 Å². The van der Waals surface area contributed by atoms with Crippen molar-refractivity contribution in [1.82, 2.24) is 9.55 Å². The number of aryl methyl sites for hydroxylation is 2. The molecule has 154 valence electrons. The van der Waals surface area contributed by atoms with Crippen LogP contribution in [0.3, 0.4) is 0 Å². The molecule has 0 saturated carbocycles. The zero-order valence-corrected chi connectivity index (χ0v) is 16.5. The maximum atomic E-state index is 13.2. The minimum absolute atomic E-state index is 0.00624. The van der Waals surface area contributed by atoms with Crippen molar-refractivity contribution in [3.8, 4) is 22.8 Å². The van der Waals surface area contributed by atoms with Crippen LogP contribution in [0, 0.1) is 5.82 Å². The van der Waals surface area contributed by atoms with Crippen molar-refractivity contribution in [2.45, 2.75) is 13.3 Å². The number of anilines is 1. The summed E-state index contributed by atoms with van der Waals surface area (Å²) in [6, 6.07) is 8.46. The third kappa shape index (κ3) is 4.38. The van der Waals surface area contributed by atoms with Gasteiger partial charge in [-0.3, -0.25) is 19.4 Å². The van der Waals surface area contributed by atoms with E-state index >= 15 is 0 Å². The van der Waals surface area contributed by atoms with E-state index in [4.69, 9.17) is 4.74 Å². The molecular formula is C22H20FN3O4. The van der Waals surface area contributed by atoms with Crippen molar-refractivity contribution < 1.29 is 13.9 Å². The molecule has 0 atom stereocenters. The number of carbonyl (C=O) groups is 1. The van der Waals surface area contributed by atoms with Crippen molar-refractivity contribution in [3.05, 3.63) is 87.3 Å². The molecule has 0 fully saturated rings. The van der Waals surface area contributed by atoms with E-state index in [-0.39, 0.29) is 17.1 Å². The second kappa shape index (κ2) is 8.60. The van der Waals surface area contributed by atoms with Crippen molar-refractivity contribution in [2.24, 2.45) is 7.05 Å². The molecule has 0 aliphatic rings. The summed E-state index contributed by atoms with van der Waals surface area (Å²) in [5, 5.41) is 2.45. The molecule has 0 saturated heterocycles. The molecule has 8 heteroatoms. The standard InChI is InChI=1S/C22H20FN3O4/c1-4-13-10-14(12-26(3)22(13)29)17-11-18(24-19(27)5-2)20(28)25-21(17)30-16-8-6-15(23)7-9-16/h5-12H,2,4H2,1,3H3,(H,24,27)(H,25,28). The number of aromatic amines is 1. The van der Waals surface area contributed by atoms with Crippen molar-refractivity contribution >= 4 is 11.6 Å². The second-order valence-corrected chi connectivity index (χ2v) is 6.53. The zero-order valence-electron chi connectivity index (χ0n) is 16.5. The molecule has 0 spiro atoms. The lowest BCUT2D eigenvalue weighted by atomic mass is 10.1. The van der Waals surface area contributed by atoms with Crippen LogP contribution in [0.1, 0.15) is 12.5 Å². The van der Waals surface area contributed by atoms with Gasteiger partial charge in [0.2, 0.25) is 11.8 Å². The van der Waals surface area contributed by atoms with Crippen LogP contribution in [0.5, 0.6) is 11.6 Å². The van der Waals surface area contributed by atoms with Gasteiger partial charge in [-0.2, -0.15) is 0 Å². The lowest BCUT2D eigenvalue weighted by Gasteiger charge is -2.14. The van der Waals surface area contributed by atoms with Crippen LogP contribution in [0.2, 0.25) is 0 Å². The molecule has 1 aromatic carbocycles. The van der Waals surface area contributed by atoms with Crippen molar-refractivity contribution in [2.75, 3.05) is 5.32 Å². The number of hydrogen-bond acceptors (Lipinski definition) is 4. The van der Waals surface area contributed by atoms with Crippen LogP contribution in [-0.4, -0.2) is 15.5 Å². The second-order valence-electron chi connectivity index (χ2n) is 6.53. The number of halogens is 1. The first-order chi connectivity index (χ1) is 14.3. The molecule has 0 aliphatic carbocycles. The van der Waals surface area contributed by atoms with Gasteiger partial charge in [0.05, 0.1) is 0 Å². The predicted molar refractivity (Wildman–Crippen MR) is 112 cm³/mol. The van der Waals surface area contributed by atoms with E-state index in [0.717, 1.165) is 6.08 Å². The van der Waals surface area contributed by atoms with E-state index in [1.807, 2.05) is 6.92 Å². The number of carbonyl (C=O) groups excluding carboxylic acids is 1. The molecule has 2 heterocycles. The fourth-order valence-electron chi connectivity index (χ4n) is 2.89. The highest BCUT2D eigenvalue weighted by Gasteiger charge is 2.16. The highest BCUT2D eigenvalue weighted by atomic mass is 19.1. The van der Waals surface area contributed by atoms with Crippen LogP contribution in [0.15, 0.2) is 64.8 Å². The fourth-order valence-corrected chi connectivity index (χ4v) is 2.89. The van der Waals surface area contributed by atoms with E-state index < -0.39 is 17.3 Å². The molecule has 3 aromatic rings. The molecule has 30 heavy (non-hydrogen) atoms. The third-order valence-corrected chi connectivity index (χ3v) is 4.43. The quantitative estimate of drug-likeness (QED) is 0.611. The average molecular weight is 409 g/mol. The Bertz CT molecular complexity index is 1230. The molecule has 2 aromatic heterocycles. The average Bonchev–Trinajstić information content (AvgIpc) is 2.73. The van der Waals surface area contributed by atoms with Gasteiger partial charge in [0, 0.05) is 29.9 Å². The summed E-state index contributed by atoms with van der Waals surface area (Å²) in [7, 11) is 1.62. The van der Waals surface area contributed by atoms with Crippen LogP contribution in [-0.2, 0) is 18.3 Å².